The molecule has 86 heavy (non-hydrogen) atoms. The van der Waals surface area contributed by atoms with Crippen molar-refractivity contribution in [2.75, 3.05) is 13.2 Å². The summed E-state index contributed by atoms with van der Waals surface area (Å²) in [7, 11) is 0. The Morgan fingerprint density at radius 1 is 0.453 bits per heavy atom. The number of halogens is 2. The fourth-order valence-electron chi connectivity index (χ4n) is 11.1. The van der Waals surface area contributed by atoms with Crippen LogP contribution < -0.4 is 0 Å². The molecule has 8 aromatic rings. The van der Waals surface area contributed by atoms with E-state index in [0.717, 1.165) is 0 Å². The minimum Gasteiger partial charge on any atom is -0.464 e. The van der Waals surface area contributed by atoms with E-state index < -0.39 is 183 Å². The molecule has 2 fully saturated rings. The molecule has 25 heteroatoms. The van der Waals surface area contributed by atoms with Crippen LogP contribution in [0.4, 0.5) is 0 Å². The number of rotatable bonds is 16. The first-order valence-electron chi connectivity index (χ1n) is 31.2. The Kier molecular flexibility index (Phi) is 14.3. The van der Waals surface area contributed by atoms with Gasteiger partial charge in [0.25, 0.3) is 0 Å². The van der Waals surface area contributed by atoms with Crippen molar-refractivity contribution in [3.63, 3.8) is 0 Å². The van der Waals surface area contributed by atoms with Gasteiger partial charge in [-0.25, -0.2) is 0 Å². The van der Waals surface area contributed by atoms with Crippen LogP contribution in [-0.2, 0) is 85.7 Å². The lowest BCUT2D eigenvalue weighted by molar-refractivity contribution is -0.267. The Bertz CT molecular complexity index is 3990. The minimum absolute atomic E-state index is 0.0317. The molecular weight excluding hydrogens is 1170 g/mol. The third-order valence-corrected chi connectivity index (χ3v) is 14.6. The van der Waals surface area contributed by atoms with Crippen LogP contribution in [0.5, 0.6) is 0 Å². The summed E-state index contributed by atoms with van der Waals surface area (Å²) in [5.74, 6) is -10.8. The van der Waals surface area contributed by atoms with E-state index in [9.17, 15) is 38.4 Å². The normalized spacial score (nSPS) is 23.2. The first-order valence-corrected chi connectivity index (χ1v) is 26.3. The number of fused-ring (bicyclic) bond motifs is 4. The summed E-state index contributed by atoms with van der Waals surface area (Å²) in [5.41, 5.74) is -0.117. The molecule has 2 saturated heterocycles. The molecule has 0 saturated carbocycles. The Labute approximate surface area is 509 Å². The van der Waals surface area contributed by atoms with Gasteiger partial charge in [0.1, 0.15) is 36.6 Å². The molecule has 0 N–H and O–H groups in total. The summed E-state index contributed by atoms with van der Waals surface area (Å²) in [6.07, 6.45) is -16.8. The SMILES string of the molecule is [2H]CC(=O)OC[C@H]1OC(n2c(-c3ccc4occc4c3)c(C(=O)c3c(-c4ccc5occc5c4)n(C4O[C@H](COC(=O)C[2H])[C@@H](OC(=O)C[2H])[C@H](OC(=O)C[2H])[C@H]4OC(=O)C[2H])c4cccc(Cl)c34)c3c(Cl)cccc32)[C@H](OC(=O)C[2H])[C@@H](OC(=O)C[2H])[C@@H]1OC(=O)C[2H]. The first kappa shape index (κ1) is 50.3. The summed E-state index contributed by atoms with van der Waals surface area (Å²) in [5, 5.41) is 0.376. The lowest BCUT2D eigenvalue weighted by atomic mass is 9.92. The number of carbonyl (C=O) groups excluding carboxylic acids is 9. The van der Waals surface area contributed by atoms with E-state index in [1.54, 1.807) is 36.4 Å². The van der Waals surface area contributed by atoms with Gasteiger partial charge in [0.05, 0.1) is 56.1 Å². The smallest absolute Gasteiger partial charge is 0.303 e. The third kappa shape index (κ3) is 11.7. The van der Waals surface area contributed by atoms with E-state index in [4.69, 9.17) is 90.4 Å². The van der Waals surface area contributed by atoms with Crippen LogP contribution in [0, 0.1) is 0 Å². The fourth-order valence-corrected chi connectivity index (χ4v) is 11.6. The largest absolute Gasteiger partial charge is 0.464 e. The average molecular weight is 1230 g/mol. The predicted octanol–water partition coefficient (Wildman–Crippen LogP) is 9.47. The highest BCUT2D eigenvalue weighted by Crippen LogP contribution is 2.50. The third-order valence-electron chi connectivity index (χ3n) is 14.0. The number of furan rings is 2. The lowest BCUT2D eigenvalue weighted by Gasteiger charge is -2.45. The van der Waals surface area contributed by atoms with E-state index in [0.29, 0.717) is 21.9 Å². The van der Waals surface area contributed by atoms with Gasteiger partial charge in [0.2, 0.25) is 0 Å². The molecule has 2 unspecified atom stereocenters. The van der Waals surface area contributed by atoms with E-state index >= 15 is 4.79 Å². The van der Waals surface area contributed by atoms with E-state index in [1.807, 2.05) is 0 Å². The van der Waals surface area contributed by atoms with E-state index in [2.05, 4.69) is 0 Å². The van der Waals surface area contributed by atoms with Gasteiger partial charge in [-0.2, -0.15) is 0 Å². The Hall–Kier alpha value is -9.03. The van der Waals surface area contributed by atoms with Gasteiger partial charge in [-0.05, 0) is 83.9 Å². The van der Waals surface area contributed by atoms with Crippen LogP contribution in [0.1, 0.15) is 94.5 Å². The summed E-state index contributed by atoms with van der Waals surface area (Å²) in [4.78, 5) is 124. The number of hydrogen-bond donors (Lipinski definition) is 0. The molecule has 6 heterocycles. The lowest BCUT2D eigenvalue weighted by Crippen LogP contribution is -2.60. The van der Waals surface area contributed by atoms with Crippen LogP contribution in [-0.4, -0.2) is 125 Å². The van der Waals surface area contributed by atoms with E-state index in [1.165, 1.54) is 70.2 Å². The topological polar surface area (TPSA) is 282 Å². The number of esters is 8. The number of ether oxygens (including phenoxy) is 10. The zero-order chi connectivity index (χ0) is 67.2. The first-order chi connectivity index (χ1) is 45.3. The number of benzene rings is 4. The van der Waals surface area contributed by atoms with Gasteiger partial charge in [-0.15, -0.1) is 0 Å². The maximum Gasteiger partial charge on any atom is 0.303 e. The molecule has 2 aliphatic rings. The minimum atomic E-state index is -2.07. The molecule has 0 aliphatic carbocycles. The Morgan fingerprint density at radius 3 is 1.19 bits per heavy atom. The number of carbonyl (C=O) groups is 9. The van der Waals surface area contributed by atoms with Crippen molar-refractivity contribution in [1.82, 2.24) is 9.13 Å². The fraction of sp³-hybridized carbons (Fsp3) is 0.328. The highest BCUT2D eigenvalue weighted by molar-refractivity contribution is 6.41. The van der Waals surface area contributed by atoms with Crippen molar-refractivity contribution in [3.05, 3.63) is 119 Å². The Morgan fingerprint density at radius 2 is 0.814 bits per heavy atom. The monoisotopic (exact) mass is 1230 g/mol. The highest BCUT2D eigenvalue weighted by Gasteiger charge is 2.56. The van der Waals surface area contributed by atoms with Crippen molar-refractivity contribution < 1.29 is 110 Å². The quantitative estimate of drug-likeness (QED) is 0.0494. The van der Waals surface area contributed by atoms with Crippen LogP contribution in [0.2, 0.25) is 10.0 Å². The van der Waals surface area contributed by atoms with Crippen molar-refractivity contribution in [3.8, 4) is 22.5 Å². The van der Waals surface area contributed by atoms with Crippen LogP contribution >= 0.6 is 23.2 Å². The zero-order valence-electron chi connectivity index (χ0n) is 52.8. The van der Waals surface area contributed by atoms with Gasteiger partial charge in [0, 0.05) is 87.7 Å². The molecule has 10 atom stereocenters. The molecule has 0 radical (unpaired) electrons. The maximum atomic E-state index is 17.5. The Balaban J connectivity index is 1.34. The predicted molar refractivity (Wildman–Crippen MR) is 302 cm³/mol. The standard InChI is InChI=1S/C61H54Cl2N2O21/c1-27(66)77-25-45-54(79-29(3)68)56(81-31(5)70)58(83-33(7)72)60(85-45)64-41-13-9-11-39(62)47(41)49(51(64)37-15-17-43-35(23-37)19-21-75-43)53(74)50-48-40(63)12-10-14-42(48)65(52(50)38-16-18-44-36(24-38)20-22-76-44)61-59(84-34(8)73)57(82-32(6)71)55(80-30(4)69)46(86-61)26-78-28(2)67/h9-24,45-46,54-61H,25-26H2,1-8H3/t45-,46-,54-,55-,56+,57+,58-,59-,60?,61?/m1/s1/i1D,2D,3D,4D,5D,6D,7D,8D. The van der Waals surface area contributed by atoms with Gasteiger partial charge < -0.3 is 65.3 Å². The van der Waals surface area contributed by atoms with Crippen molar-refractivity contribution >= 4 is 120 Å². The molecule has 2 aliphatic heterocycles. The summed E-state index contributed by atoms with van der Waals surface area (Å²) < 4.78 is 137. The van der Waals surface area contributed by atoms with E-state index in [-0.39, 0.29) is 65.5 Å². The highest BCUT2D eigenvalue weighted by atomic mass is 35.5. The molecule has 4 aromatic carbocycles. The van der Waals surface area contributed by atoms with Gasteiger partial charge >= 0.3 is 47.8 Å². The second-order valence-corrected chi connectivity index (χ2v) is 20.2. The van der Waals surface area contributed by atoms with Gasteiger partial charge in [0.15, 0.2) is 54.9 Å². The molecular formula is C61H54Cl2N2O21. The average Bonchev–Trinajstić information content (AvgIpc) is 1.55. The van der Waals surface area contributed by atoms with Crippen LogP contribution in [0.15, 0.2) is 106 Å². The molecule has 4 aromatic heterocycles. The number of hydrogen-bond acceptors (Lipinski definition) is 21. The summed E-state index contributed by atoms with van der Waals surface area (Å²) in [6, 6.07) is 21.2. The van der Waals surface area contributed by atoms with Crippen LogP contribution in [0.3, 0.4) is 0 Å². The molecule has 448 valence electrons. The molecule has 0 spiro atoms. The molecule has 23 nitrogen and oxygen atoms in total. The van der Waals surface area contributed by atoms with Crippen LogP contribution in [0.25, 0.3) is 66.3 Å². The summed E-state index contributed by atoms with van der Waals surface area (Å²) in [6.45, 7) is -9.97. The zero-order valence-corrected chi connectivity index (χ0v) is 46.3. The second kappa shape index (κ2) is 24.5. The van der Waals surface area contributed by atoms with Gasteiger partial charge in [-0.3, -0.25) is 43.2 Å². The molecule has 0 bridgehead atoms. The second-order valence-electron chi connectivity index (χ2n) is 19.4. The number of aromatic nitrogens is 2. The van der Waals surface area contributed by atoms with Crippen molar-refractivity contribution in [2.45, 2.75) is 116 Å². The number of ketones is 1. The molecule has 10 rings (SSSR count). The van der Waals surface area contributed by atoms with Crippen molar-refractivity contribution in [2.24, 2.45) is 0 Å². The maximum absolute atomic E-state index is 17.5. The number of nitrogens with zero attached hydrogens (tertiary/aromatic N) is 2. The van der Waals surface area contributed by atoms with Crippen molar-refractivity contribution in [1.29, 1.82) is 0 Å². The molecule has 0 amide bonds. The summed E-state index contributed by atoms with van der Waals surface area (Å²) >= 11 is 14.8. The van der Waals surface area contributed by atoms with Gasteiger partial charge in [-0.1, -0.05) is 35.3 Å².